The van der Waals surface area contributed by atoms with Gasteiger partial charge in [0, 0.05) is 12.8 Å². The van der Waals surface area contributed by atoms with Crippen LogP contribution >= 0.6 is 0 Å². The van der Waals surface area contributed by atoms with Gasteiger partial charge in [0.15, 0.2) is 17.7 Å². The summed E-state index contributed by atoms with van der Waals surface area (Å²) in [5, 5.41) is 29.4. The summed E-state index contributed by atoms with van der Waals surface area (Å²) >= 11 is 0. The maximum absolute atomic E-state index is 12.1. The zero-order valence-electron chi connectivity index (χ0n) is 13.1. The number of nitrogens with zero attached hydrogens (tertiary/aromatic N) is 4. The van der Waals surface area contributed by atoms with E-state index >= 15 is 0 Å². The number of ketones is 1. The number of carboxylic acids is 1. The minimum atomic E-state index is -0.877. The molecule has 1 aromatic carbocycles. The van der Waals surface area contributed by atoms with E-state index in [2.05, 4.69) is 15.4 Å². The molecule has 9 nitrogen and oxygen atoms in total. The van der Waals surface area contributed by atoms with E-state index in [1.807, 2.05) is 0 Å². The number of tetrazole rings is 1. The molecule has 24 heavy (non-hydrogen) atoms. The lowest BCUT2D eigenvalue weighted by atomic mass is 10.2. The van der Waals surface area contributed by atoms with Crippen LogP contribution in [0.15, 0.2) is 24.3 Å². The fourth-order valence-electron chi connectivity index (χ4n) is 1.90. The van der Waals surface area contributed by atoms with Crippen molar-refractivity contribution in [1.29, 1.82) is 0 Å². The topological polar surface area (TPSA) is 127 Å². The van der Waals surface area contributed by atoms with Gasteiger partial charge in [-0.1, -0.05) is 0 Å². The molecule has 9 heteroatoms. The number of rotatable bonds is 9. The summed E-state index contributed by atoms with van der Waals surface area (Å²) in [6.07, 6.45) is 0.122. The van der Waals surface area contributed by atoms with E-state index < -0.39 is 12.1 Å². The molecule has 2 rings (SSSR count). The largest absolute Gasteiger partial charge is 0.508 e. The summed E-state index contributed by atoms with van der Waals surface area (Å²) in [4.78, 5) is 23.7. The number of aromatic nitrogens is 4. The Balaban J connectivity index is 1.83. The van der Waals surface area contributed by atoms with Crippen molar-refractivity contribution < 1.29 is 24.5 Å². The molecule has 0 radical (unpaired) electrons. The first-order valence-electron chi connectivity index (χ1n) is 7.41. The van der Waals surface area contributed by atoms with Crippen molar-refractivity contribution in [3.8, 4) is 11.5 Å². The Hall–Kier alpha value is -2.97. The third-order valence-corrected chi connectivity index (χ3v) is 3.19. The molecule has 0 aliphatic carbocycles. The van der Waals surface area contributed by atoms with Gasteiger partial charge in [0.25, 0.3) is 0 Å². The minimum Gasteiger partial charge on any atom is -0.508 e. The lowest BCUT2D eigenvalue weighted by molar-refractivity contribution is -0.137. The number of carbonyl (C=O) groups is 2. The molecular weight excluding hydrogens is 316 g/mol. The number of phenolic OH excluding ortho intramolecular Hbond substituents is 1. The van der Waals surface area contributed by atoms with Crippen molar-refractivity contribution in [2.75, 3.05) is 0 Å². The normalized spacial score (nSPS) is 11.9. The molecule has 0 bridgehead atoms. The first-order valence-corrected chi connectivity index (χ1v) is 7.41. The fourth-order valence-corrected chi connectivity index (χ4v) is 1.90. The molecule has 1 atom stereocenters. The molecule has 0 aliphatic heterocycles. The predicted molar refractivity (Wildman–Crippen MR) is 81.6 cm³/mol. The van der Waals surface area contributed by atoms with E-state index in [-0.39, 0.29) is 24.5 Å². The number of aryl methyl sites for hydroxylation is 1. The standard InChI is InChI=1S/C15H18N4O5/c1-10(24-12-7-5-11(20)6-8-12)13(21)9-19-17-14(16-18-19)3-2-4-15(22)23/h5-8,10,20H,2-4,9H2,1H3,(H,22,23). The second kappa shape index (κ2) is 8.04. The van der Waals surface area contributed by atoms with Gasteiger partial charge in [-0.2, -0.15) is 4.80 Å². The van der Waals surface area contributed by atoms with E-state index in [9.17, 15) is 14.7 Å². The number of benzene rings is 1. The minimum absolute atomic E-state index is 0.0327. The quantitative estimate of drug-likeness (QED) is 0.690. The van der Waals surface area contributed by atoms with Crippen LogP contribution in [0.25, 0.3) is 0 Å². The van der Waals surface area contributed by atoms with Gasteiger partial charge >= 0.3 is 5.97 Å². The van der Waals surface area contributed by atoms with Crippen molar-refractivity contribution in [2.24, 2.45) is 0 Å². The Morgan fingerprint density at radius 1 is 1.29 bits per heavy atom. The SMILES string of the molecule is CC(Oc1ccc(O)cc1)C(=O)Cn1nnc(CCCC(=O)O)n1. The number of aromatic hydroxyl groups is 1. The maximum atomic E-state index is 12.1. The van der Waals surface area contributed by atoms with Crippen LogP contribution in [0.1, 0.15) is 25.6 Å². The van der Waals surface area contributed by atoms with Gasteiger partial charge in [-0.3, -0.25) is 9.59 Å². The summed E-state index contributed by atoms with van der Waals surface area (Å²) in [5.74, 6) is -0.135. The summed E-state index contributed by atoms with van der Waals surface area (Å²) < 4.78 is 5.49. The Kier molecular flexibility index (Phi) is 5.83. The first kappa shape index (κ1) is 17.4. The molecule has 0 saturated heterocycles. The highest BCUT2D eigenvalue weighted by molar-refractivity contribution is 5.82. The van der Waals surface area contributed by atoms with Crippen LogP contribution in [0.3, 0.4) is 0 Å². The molecule has 2 N–H and O–H groups in total. The number of aliphatic carboxylic acids is 1. The van der Waals surface area contributed by atoms with E-state index in [0.717, 1.165) is 4.80 Å². The first-order chi connectivity index (χ1) is 11.4. The zero-order chi connectivity index (χ0) is 17.5. The molecule has 1 unspecified atom stereocenters. The average Bonchev–Trinajstić information content (AvgIpc) is 2.96. The van der Waals surface area contributed by atoms with Crippen molar-refractivity contribution in [3.63, 3.8) is 0 Å². The molecule has 0 saturated carbocycles. The second-order valence-electron chi connectivity index (χ2n) is 5.20. The highest BCUT2D eigenvalue weighted by Gasteiger charge is 2.17. The van der Waals surface area contributed by atoms with E-state index in [0.29, 0.717) is 24.4 Å². The molecule has 0 amide bonds. The third-order valence-electron chi connectivity index (χ3n) is 3.19. The zero-order valence-corrected chi connectivity index (χ0v) is 13.1. The highest BCUT2D eigenvalue weighted by Crippen LogP contribution is 2.17. The van der Waals surface area contributed by atoms with Gasteiger partial charge in [-0.05, 0) is 42.8 Å². The summed E-state index contributed by atoms with van der Waals surface area (Å²) in [6, 6.07) is 6.06. The fraction of sp³-hybridized carbons (Fsp3) is 0.400. The molecule has 2 aromatic rings. The maximum Gasteiger partial charge on any atom is 0.303 e. The Morgan fingerprint density at radius 2 is 2.00 bits per heavy atom. The molecule has 128 valence electrons. The van der Waals surface area contributed by atoms with Crippen molar-refractivity contribution >= 4 is 11.8 Å². The van der Waals surface area contributed by atoms with Crippen LogP contribution < -0.4 is 4.74 Å². The van der Waals surface area contributed by atoms with Crippen molar-refractivity contribution in [2.45, 2.75) is 38.8 Å². The summed E-state index contributed by atoms with van der Waals surface area (Å²) in [7, 11) is 0. The lowest BCUT2D eigenvalue weighted by Gasteiger charge is -2.13. The predicted octanol–water partition coefficient (Wildman–Crippen LogP) is 0.823. The molecule has 0 fully saturated rings. The Bertz CT molecular complexity index is 698. The smallest absolute Gasteiger partial charge is 0.303 e. The van der Waals surface area contributed by atoms with Crippen molar-refractivity contribution in [3.05, 3.63) is 30.1 Å². The van der Waals surface area contributed by atoms with Gasteiger partial charge in [0.1, 0.15) is 18.0 Å². The van der Waals surface area contributed by atoms with Crippen LogP contribution in [-0.2, 0) is 22.6 Å². The number of phenols is 1. The van der Waals surface area contributed by atoms with Gasteiger partial charge in [-0.25, -0.2) is 0 Å². The van der Waals surface area contributed by atoms with Gasteiger partial charge < -0.3 is 14.9 Å². The monoisotopic (exact) mass is 334 g/mol. The van der Waals surface area contributed by atoms with Crippen LogP contribution in [0, 0.1) is 0 Å². The number of hydrogen-bond donors (Lipinski definition) is 2. The second-order valence-corrected chi connectivity index (χ2v) is 5.20. The van der Waals surface area contributed by atoms with Gasteiger partial charge in [0.05, 0.1) is 0 Å². The van der Waals surface area contributed by atoms with E-state index in [1.165, 1.54) is 12.1 Å². The number of carboxylic acid groups (broad SMARTS) is 1. The molecule has 1 aromatic heterocycles. The molecule has 0 spiro atoms. The lowest BCUT2D eigenvalue weighted by Crippen LogP contribution is -2.28. The summed E-state index contributed by atoms with van der Waals surface area (Å²) in [6.45, 7) is 1.52. The van der Waals surface area contributed by atoms with E-state index in [4.69, 9.17) is 9.84 Å². The van der Waals surface area contributed by atoms with Gasteiger partial charge in [-0.15, -0.1) is 10.2 Å². The Labute approximate surface area is 137 Å². The average molecular weight is 334 g/mol. The van der Waals surface area contributed by atoms with Crippen LogP contribution in [-0.4, -0.2) is 48.3 Å². The number of hydrogen-bond acceptors (Lipinski definition) is 7. The third kappa shape index (κ3) is 5.34. The van der Waals surface area contributed by atoms with Crippen LogP contribution in [0.5, 0.6) is 11.5 Å². The highest BCUT2D eigenvalue weighted by atomic mass is 16.5. The number of Topliss-reactive ketones (excluding diaryl/α,β-unsaturated/α-hetero) is 1. The van der Waals surface area contributed by atoms with Gasteiger partial charge in [0.2, 0.25) is 0 Å². The van der Waals surface area contributed by atoms with Crippen molar-refractivity contribution in [1.82, 2.24) is 20.2 Å². The van der Waals surface area contributed by atoms with E-state index in [1.54, 1.807) is 19.1 Å². The molecular formula is C15H18N4O5. The molecule has 0 aliphatic rings. The van der Waals surface area contributed by atoms with Crippen LogP contribution in [0.2, 0.25) is 0 Å². The van der Waals surface area contributed by atoms with Crippen LogP contribution in [0.4, 0.5) is 0 Å². The Morgan fingerprint density at radius 3 is 2.67 bits per heavy atom. The molecule has 1 heterocycles. The summed E-state index contributed by atoms with van der Waals surface area (Å²) in [5.41, 5.74) is 0. The number of carbonyl (C=O) groups excluding carboxylic acids is 1. The number of ether oxygens (including phenoxy) is 1.